The van der Waals surface area contributed by atoms with Crippen molar-refractivity contribution >= 4 is 56.0 Å². The molecule has 0 atom stereocenters. The number of benzene rings is 1. The Morgan fingerprint density at radius 1 is 1.26 bits per heavy atom. The molecule has 2 aromatic heterocycles. The smallest absolute Gasteiger partial charge is 0.231 e. The van der Waals surface area contributed by atoms with Crippen LogP contribution >= 0.6 is 23.2 Å². The van der Waals surface area contributed by atoms with Crippen molar-refractivity contribution in [3.63, 3.8) is 0 Å². The molecule has 1 aromatic carbocycles. The first-order valence-electron chi connectivity index (χ1n) is 10.7. The third-order valence-electron chi connectivity index (χ3n) is 5.21. The number of pyridine rings is 1. The van der Waals surface area contributed by atoms with Gasteiger partial charge in [0.1, 0.15) is 35.9 Å². The predicted molar refractivity (Wildman–Crippen MR) is 134 cm³/mol. The standard InChI is InChI=1S/C22H22Cl2N6O4S/c1-35(31,32)29-19-13-26-22-18(27-19)2-3-20(28-22)30-7-4-15(5-8-30)34-16-10-14(12-25)21(17(24)11-16)33-9-6-23/h2-3,10-11,13,15H,4-9H2,1H3,(H,27,29). The summed E-state index contributed by atoms with van der Waals surface area (Å²) < 4.78 is 36.7. The molecule has 4 rings (SSSR count). The largest absolute Gasteiger partial charge is 0.490 e. The summed E-state index contributed by atoms with van der Waals surface area (Å²) in [5.41, 5.74) is 1.21. The molecule has 0 bridgehead atoms. The van der Waals surface area contributed by atoms with E-state index in [1.807, 2.05) is 6.07 Å². The summed E-state index contributed by atoms with van der Waals surface area (Å²) >= 11 is 12.0. The minimum absolute atomic E-state index is 0.0478. The van der Waals surface area contributed by atoms with Crippen molar-refractivity contribution < 1.29 is 17.9 Å². The summed E-state index contributed by atoms with van der Waals surface area (Å²) in [5.74, 6) is 2.01. The van der Waals surface area contributed by atoms with Crippen molar-refractivity contribution in [1.82, 2.24) is 15.0 Å². The highest BCUT2D eigenvalue weighted by Gasteiger charge is 2.23. The highest BCUT2D eigenvalue weighted by molar-refractivity contribution is 7.92. The van der Waals surface area contributed by atoms with Gasteiger partial charge in [0.25, 0.3) is 0 Å². The number of hydrogen-bond donors (Lipinski definition) is 1. The Morgan fingerprint density at radius 2 is 2.03 bits per heavy atom. The molecule has 1 N–H and O–H groups in total. The number of rotatable bonds is 8. The van der Waals surface area contributed by atoms with Gasteiger partial charge >= 0.3 is 0 Å². The molecule has 35 heavy (non-hydrogen) atoms. The molecule has 0 radical (unpaired) electrons. The van der Waals surface area contributed by atoms with E-state index < -0.39 is 10.0 Å². The van der Waals surface area contributed by atoms with Crippen LogP contribution in [0.4, 0.5) is 11.6 Å². The van der Waals surface area contributed by atoms with E-state index in [2.05, 4.69) is 30.6 Å². The molecule has 13 heteroatoms. The zero-order valence-electron chi connectivity index (χ0n) is 18.7. The number of hydrogen-bond acceptors (Lipinski definition) is 9. The Balaban J connectivity index is 1.40. The van der Waals surface area contributed by atoms with Gasteiger partial charge < -0.3 is 14.4 Å². The van der Waals surface area contributed by atoms with Crippen LogP contribution in [0.15, 0.2) is 30.5 Å². The van der Waals surface area contributed by atoms with Crippen LogP contribution in [0, 0.1) is 11.3 Å². The minimum Gasteiger partial charge on any atom is -0.490 e. The molecule has 0 aliphatic carbocycles. The molecular formula is C22H22Cl2N6O4S. The topological polar surface area (TPSA) is 130 Å². The molecular weight excluding hydrogens is 515 g/mol. The van der Waals surface area contributed by atoms with E-state index >= 15 is 0 Å². The van der Waals surface area contributed by atoms with E-state index in [0.29, 0.717) is 46.3 Å². The van der Waals surface area contributed by atoms with Crippen LogP contribution in [-0.4, -0.2) is 61.3 Å². The number of anilines is 2. The average molecular weight is 537 g/mol. The van der Waals surface area contributed by atoms with Crippen molar-refractivity contribution in [2.45, 2.75) is 18.9 Å². The lowest BCUT2D eigenvalue weighted by Gasteiger charge is -2.33. The SMILES string of the molecule is CS(=O)(=O)Nc1cnc2nc(N3CCC(Oc4cc(Cl)c(OCCCl)c(C#N)c4)CC3)ccc2n1. The zero-order valence-corrected chi connectivity index (χ0v) is 21.1. The first-order chi connectivity index (χ1) is 16.8. The van der Waals surface area contributed by atoms with E-state index in [9.17, 15) is 13.7 Å². The molecule has 1 aliphatic heterocycles. The maximum absolute atomic E-state index is 11.4. The second-order valence-corrected chi connectivity index (χ2v) is 10.4. The molecule has 184 valence electrons. The minimum atomic E-state index is -3.44. The van der Waals surface area contributed by atoms with Gasteiger partial charge in [-0.05, 0) is 12.1 Å². The molecule has 1 saturated heterocycles. The lowest BCUT2D eigenvalue weighted by molar-refractivity contribution is 0.170. The number of nitrogens with zero attached hydrogens (tertiary/aromatic N) is 5. The number of fused-ring (bicyclic) bond motifs is 1. The average Bonchev–Trinajstić information content (AvgIpc) is 2.82. The lowest BCUT2D eigenvalue weighted by Crippen LogP contribution is -2.38. The second-order valence-electron chi connectivity index (χ2n) is 7.88. The predicted octanol–water partition coefficient (Wildman–Crippen LogP) is 3.59. The fourth-order valence-electron chi connectivity index (χ4n) is 3.71. The third kappa shape index (κ3) is 6.33. The normalized spacial score (nSPS) is 14.5. The van der Waals surface area contributed by atoms with E-state index in [-0.39, 0.29) is 24.4 Å². The maximum atomic E-state index is 11.4. The molecule has 0 unspecified atom stereocenters. The van der Waals surface area contributed by atoms with Gasteiger partial charge in [-0.15, -0.1) is 11.6 Å². The monoisotopic (exact) mass is 536 g/mol. The molecule has 0 saturated carbocycles. The number of aromatic nitrogens is 3. The fourth-order valence-corrected chi connectivity index (χ4v) is 4.53. The highest BCUT2D eigenvalue weighted by atomic mass is 35.5. The summed E-state index contributed by atoms with van der Waals surface area (Å²) in [6.07, 6.45) is 3.83. The Morgan fingerprint density at radius 3 is 2.71 bits per heavy atom. The van der Waals surface area contributed by atoms with Crippen molar-refractivity contribution in [2.75, 3.05) is 41.5 Å². The fraction of sp³-hybridized carbons (Fsp3) is 0.364. The number of ether oxygens (including phenoxy) is 2. The van der Waals surface area contributed by atoms with Crippen LogP contribution < -0.4 is 19.1 Å². The Labute approximate surface area is 212 Å². The van der Waals surface area contributed by atoms with Gasteiger partial charge in [-0.2, -0.15) is 5.26 Å². The zero-order chi connectivity index (χ0) is 25.0. The van der Waals surface area contributed by atoms with Gasteiger partial charge in [0, 0.05) is 38.1 Å². The summed E-state index contributed by atoms with van der Waals surface area (Å²) in [4.78, 5) is 15.2. The van der Waals surface area contributed by atoms with Crippen LogP contribution in [0.3, 0.4) is 0 Å². The number of alkyl halides is 1. The van der Waals surface area contributed by atoms with Crippen molar-refractivity contribution in [3.05, 3.63) is 41.0 Å². The van der Waals surface area contributed by atoms with Gasteiger partial charge in [0.15, 0.2) is 17.2 Å². The maximum Gasteiger partial charge on any atom is 0.231 e. The van der Waals surface area contributed by atoms with E-state index in [1.54, 1.807) is 18.2 Å². The van der Waals surface area contributed by atoms with E-state index in [1.165, 1.54) is 6.20 Å². The number of halogens is 2. The number of nitrogens with one attached hydrogen (secondary N) is 1. The summed E-state index contributed by atoms with van der Waals surface area (Å²) in [7, 11) is -3.44. The second kappa shape index (κ2) is 10.7. The van der Waals surface area contributed by atoms with Gasteiger partial charge in [0.05, 0.1) is 28.9 Å². The van der Waals surface area contributed by atoms with Crippen molar-refractivity contribution in [2.24, 2.45) is 0 Å². The highest BCUT2D eigenvalue weighted by Crippen LogP contribution is 2.34. The van der Waals surface area contributed by atoms with Crippen LogP contribution in [0.2, 0.25) is 5.02 Å². The van der Waals surface area contributed by atoms with E-state index in [0.717, 1.165) is 24.9 Å². The van der Waals surface area contributed by atoms with Crippen molar-refractivity contribution in [3.8, 4) is 17.6 Å². The molecule has 0 spiro atoms. The van der Waals surface area contributed by atoms with Crippen LogP contribution in [0.25, 0.3) is 11.2 Å². The summed E-state index contributed by atoms with van der Waals surface area (Å²) in [6, 6.07) is 8.96. The molecule has 1 aliphatic rings. The molecule has 1 fully saturated rings. The molecule has 3 aromatic rings. The number of piperidine rings is 1. The Kier molecular flexibility index (Phi) is 7.64. The lowest BCUT2D eigenvalue weighted by atomic mass is 10.1. The third-order valence-corrected chi connectivity index (χ3v) is 6.22. The van der Waals surface area contributed by atoms with Crippen LogP contribution in [-0.2, 0) is 10.0 Å². The molecule has 10 nitrogen and oxygen atoms in total. The van der Waals surface area contributed by atoms with E-state index in [4.69, 9.17) is 32.7 Å². The number of nitriles is 1. The Hall–Kier alpha value is -3.07. The van der Waals surface area contributed by atoms with Crippen LogP contribution in [0.5, 0.6) is 11.5 Å². The molecule has 3 heterocycles. The summed E-state index contributed by atoms with van der Waals surface area (Å²) in [6.45, 7) is 1.67. The van der Waals surface area contributed by atoms with Gasteiger partial charge in [-0.25, -0.2) is 23.4 Å². The first kappa shape index (κ1) is 25.0. The quantitative estimate of drug-likeness (QED) is 0.429. The van der Waals surface area contributed by atoms with Gasteiger partial charge in [-0.3, -0.25) is 4.72 Å². The Bertz CT molecular complexity index is 1370. The van der Waals surface area contributed by atoms with Crippen LogP contribution in [0.1, 0.15) is 18.4 Å². The summed E-state index contributed by atoms with van der Waals surface area (Å²) in [5, 5.41) is 9.75. The molecule has 0 amide bonds. The van der Waals surface area contributed by atoms with Gasteiger partial charge in [-0.1, -0.05) is 11.6 Å². The number of sulfonamides is 1. The first-order valence-corrected chi connectivity index (χ1v) is 13.5. The van der Waals surface area contributed by atoms with Crippen molar-refractivity contribution in [1.29, 1.82) is 5.26 Å². The van der Waals surface area contributed by atoms with Gasteiger partial charge in [0.2, 0.25) is 10.0 Å².